The molecule has 0 aliphatic carbocycles. The molecule has 4 aliphatic rings. The third kappa shape index (κ3) is 31.9. The van der Waals surface area contributed by atoms with Crippen molar-refractivity contribution < 1.29 is 125 Å². The van der Waals surface area contributed by atoms with Gasteiger partial charge in [-0.3, -0.25) is 51.9 Å². The molecule has 0 aromatic rings. The topological polar surface area (TPSA) is 485 Å². The largest absolute Gasteiger partial charge is 0.472 e. The molecule has 34 nitrogen and oxygen atoms in total. The summed E-state index contributed by atoms with van der Waals surface area (Å²) in [5.74, 6) is -2.25. The molecule has 0 bridgehead atoms. The summed E-state index contributed by atoms with van der Waals surface area (Å²) in [6.45, 7) is -2.44. The summed E-state index contributed by atoms with van der Waals surface area (Å²) in [7, 11) is -4.78. The van der Waals surface area contributed by atoms with E-state index in [0.717, 1.165) is 0 Å². The minimum Gasteiger partial charge on any atom is -0.394 e. The normalized spacial score (nSPS) is 26.6. The van der Waals surface area contributed by atoms with Crippen molar-refractivity contribution >= 4 is 86.8 Å². The number of rotatable bonds is 47. The van der Waals surface area contributed by atoms with Gasteiger partial charge >= 0.3 is 14.6 Å². The van der Waals surface area contributed by atoms with Crippen molar-refractivity contribution in [1.29, 1.82) is 0 Å². The highest BCUT2D eigenvalue weighted by Gasteiger charge is 2.46. The SMILES string of the molecule is CC(=O)NC1CC(O)C(CO)O[C@H]1OCCCCC(=O)NCCCC[C@H](NC(=O)CCCCO[C@@H]1OC(CO)[C@H](O)[C@H](O)C1NC(C)=O)C(=O)NCCCCCC(=O)NCCCCCC(=O)N1C[C@H](O)C[C@H]1COP(=O)(O)O[C@@H]1C[C@@H](COP(=O)(S)OO)N(C(=O)CCCS)C1. The molecule has 4 aliphatic heterocycles. The fourth-order valence-electron chi connectivity index (χ4n) is 11.4. The molecule has 0 radical (unpaired) electrons. The maximum atomic E-state index is 13.5. The van der Waals surface area contributed by atoms with Crippen LogP contribution in [0.3, 0.4) is 0 Å². The number of hydrogen-bond donors (Lipinski definition) is 16. The Morgan fingerprint density at radius 3 is 1.74 bits per heavy atom. The van der Waals surface area contributed by atoms with Gasteiger partial charge in [-0.05, 0) is 95.6 Å². The Labute approximate surface area is 570 Å². The monoisotopic (exact) mass is 1450 g/mol. The molecule has 96 heavy (non-hydrogen) atoms. The molecule has 14 N–H and O–H groups in total. The Kier molecular flexibility index (Phi) is 39.9. The Morgan fingerprint density at radius 1 is 0.604 bits per heavy atom. The highest BCUT2D eigenvalue weighted by atomic mass is 32.7. The zero-order valence-electron chi connectivity index (χ0n) is 54.7. The van der Waals surface area contributed by atoms with Crippen molar-refractivity contribution in [3.05, 3.63) is 0 Å². The van der Waals surface area contributed by atoms with Crippen LogP contribution in [0.5, 0.6) is 0 Å². The number of β-amino-alcohol motifs (C(OH)–C–C–N with tert-alkyl or cyclic N) is 1. The van der Waals surface area contributed by atoms with Crippen molar-refractivity contribution in [2.45, 2.75) is 241 Å². The van der Waals surface area contributed by atoms with Crippen LogP contribution in [-0.2, 0) is 84.7 Å². The predicted molar refractivity (Wildman–Crippen MR) is 347 cm³/mol. The number of hydrogen-bond acceptors (Lipinski definition) is 26. The minimum absolute atomic E-state index is 0.00908. The second kappa shape index (κ2) is 45.2. The zero-order chi connectivity index (χ0) is 70.8. The van der Waals surface area contributed by atoms with Crippen molar-refractivity contribution in [3.8, 4) is 0 Å². The van der Waals surface area contributed by atoms with Gasteiger partial charge in [-0.25, -0.2) is 14.4 Å². The van der Waals surface area contributed by atoms with Crippen LogP contribution < -0.4 is 31.9 Å². The molecule has 4 fully saturated rings. The summed E-state index contributed by atoms with van der Waals surface area (Å²) in [6.07, 6.45) is -2.61. The third-order valence-corrected chi connectivity index (χ3v) is 19.0. The number of aliphatic hydroxyl groups is 6. The van der Waals surface area contributed by atoms with Crippen LogP contribution in [0.25, 0.3) is 0 Å². The van der Waals surface area contributed by atoms with Crippen LogP contribution in [0.15, 0.2) is 0 Å². The number of thiol groups is 2. The molecular weight excluding hydrogens is 1350 g/mol. The van der Waals surface area contributed by atoms with Crippen LogP contribution in [0.2, 0.25) is 0 Å². The third-order valence-electron chi connectivity index (χ3n) is 16.4. The maximum Gasteiger partial charge on any atom is 0.472 e. The molecule has 554 valence electrons. The lowest BCUT2D eigenvalue weighted by Gasteiger charge is -2.42. The first kappa shape index (κ1) is 84.7. The number of phosphoric acid groups is 1. The summed E-state index contributed by atoms with van der Waals surface area (Å²) in [5, 5.41) is 86.0. The maximum absolute atomic E-state index is 13.5. The second-order valence-corrected chi connectivity index (χ2v) is 29.0. The number of carbonyl (C=O) groups excluding carboxylic acids is 8. The first-order chi connectivity index (χ1) is 45.7. The average molecular weight is 1460 g/mol. The fraction of sp³-hybridized carbons (Fsp3) is 0.862. The number of likely N-dealkylation sites (tertiary alicyclic amines) is 2. The number of phosphoric ester groups is 1. The van der Waals surface area contributed by atoms with E-state index in [9.17, 15) is 83.0 Å². The number of ether oxygens (including phenoxy) is 4. The van der Waals surface area contributed by atoms with E-state index >= 15 is 0 Å². The van der Waals surface area contributed by atoms with Gasteiger partial charge in [0, 0.05) is 98.3 Å². The van der Waals surface area contributed by atoms with Crippen molar-refractivity contribution in [3.63, 3.8) is 0 Å². The number of amides is 8. The summed E-state index contributed by atoms with van der Waals surface area (Å²) in [5.41, 5.74) is 0. The number of aliphatic hydroxyl groups excluding tert-OH is 6. The standard InChI is InChI=1S/C58H104N8O26P2S2/c1-37(69)62-44-30-45(72)46(33-67)89-57(44)85-25-13-8-18-49(74)60-23-12-7-16-43(64-50(75)19-9-14-26-86-58-53(63-38(2)70)55(79)54(78)47(34-68)90-58)56(80)61-24-11-3-5-17-48(73)59-22-10-4-6-20-51(76)65-31-41(71)28-39(65)35-87-93(82,83)91-42-29-40(36-88-94(84,96)92-81)66(32-42)52(77)21-15-27-95/h39-47,53-55,57-58,67-68,71-72,78-79,81,95H,3-36H2,1-2H3,(H,59,73)(H,60,74)(H,61,80)(H,62,69)(H,63,70)(H,64,75)(H,82,83)(H,84,96)/t39-,40-,41+,42+,43-,44?,45?,46?,47?,53?,54-,55+,57+,58+,94?/m0/s1. The van der Waals surface area contributed by atoms with E-state index in [1.54, 1.807) is 0 Å². The van der Waals surface area contributed by atoms with Crippen molar-refractivity contribution in [1.82, 2.24) is 41.7 Å². The molecule has 16 atom stereocenters. The lowest BCUT2D eigenvalue weighted by molar-refractivity contribution is -0.270. The molecule has 0 spiro atoms. The van der Waals surface area contributed by atoms with E-state index in [4.69, 9.17) is 37.8 Å². The van der Waals surface area contributed by atoms with Crippen molar-refractivity contribution in [2.24, 2.45) is 0 Å². The van der Waals surface area contributed by atoms with Crippen LogP contribution in [0.4, 0.5) is 0 Å². The number of nitrogens with zero attached hydrogens (tertiary/aromatic N) is 2. The van der Waals surface area contributed by atoms with Gasteiger partial charge in [-0.2, -0.15) is 12.6 Å². The number of unbranched alkanes of at least 4 members (excludes halogenated alkanes) is 7. The first-order valence-electron chi connectivity index (χ1n) is 33.0. The van der Waals surface area contributed by atoms with E-state index in [2.05, 4.69) is 61.5 Å². The zero-order valence-corrected chi connectivity index (χ0v) is 58.3. The highest BCUT2D eigenvalue weighted by Crippen LogP contribution is 2.53. The second-order valence-electron chi connectivity index (χ2n) is 24.3. The van der Waals surface area contributed by atoms with E-state index < -0.39 is 144 Å². The van der Waals surface area contributed by atoms with E-state index in [1.165, 1.54) is 23.6 Å². The Bertz CT molecular complexity index is 2510. The molecule has 38 heteroatoms. The van der Waals surface area contributed by atoms with Crippen molar-refractivity contribution in [2.75, 3.05) is 78.1 Å². The van der Waals surface area contributed by atoms with E-state index in [-0.39, 0.29) is 120 Å². The molecular formula is C58H104N8O26P2S2. The van der Waals surface area contributed by atoms with Crippen LogP contribution in [0.1, 0.15) is 155 Å². The molecule has 4 heterocycles. The average Bonchev–Trinajstić information content (AvgIpc) is 1.79. The Hall–Kier alpha value is -3.72. The predicted octanol–water partition coefficient (Wildman–Crippen LogP) is -0.280. The highest BCUT2D eigenvalue weighted by molar-refractivity contribution is 8.44. The summed E-state index contributed by atoms with van der Waals surface area (Å²) in [4.78, 5) is 115. The quantitative estimate of drug-likeness (QED) is 0.0122. The van der Waals surface area contributed by atoms with Gasteiger partial charge in [-0.15, -0.1) is 4.67 Å². The van der Waals surface area contributed by atoms with Gasteiger partial charge in [0.25, 0.3) is 0 Å². The van der Waals surface area contributed by atoms with Crippen LogP contribution in [0, 0.1) is 0 Å². The van der Waals surface area contributed by atoms with Gasteiger partial charge in [0.2, 0.25) is 47.3 Å². The van der Waals surface area contributed by atoms with Crippen LogP contribution in [-0.4, -0.2) is 261 Å². The van der Waals surface area contributed by atoms with E-state index in [0.29, 0.717) is 102 Å². The Morgan fingerprint density at radius 2 is 1.14 bits per heavy atom. The van der Waals surface area contributed by atoms with Gasteiger partial charge in [0.1, 0.15) is 36.5 Å². The fourth-order valence-corrected chi connectivity index (χ4v) is 13.1. The lowest BCUT2D eigenvalue weighted by Crippen LogP contribution is -2.64. The van der Waals surface area contributed by atoms with E-state index in [1.807, 2.05) is 0 Å². The van der Waals surface area contributed by atoms with Gasteiger partial charge < -0.3 is 96.2 Å². The summed E-state index contributed by atoms with van der Waals surface area (Å²) in [6, 6.07) is -4.17. The summed E-state index contributed by atoms with van der Waals surface area (Å²) >= 11 is 7.74. The first-order valence-corrected chi connectivity index (χ1v) is 37.8. The molecule has 0 aromatic heterocycles. The summed E-state index contributed by atoms with van der Waals surface area (Å²) < 4.78 is 67.4. The molecule has 4 saturated heterocycles. The molecule has 4 rings (SSSR count). The number of carbonyl (C=O) groups is 8. The smallest absolute Gasteiger partial charge is 0.394 e. The molecule has 0 saturated carbocycles. The van der Waals surface area contributed by atoms with Gasteiger partial charge in [0.15, 0.2) is 12.6 Å². The van der Waals surface area contributed by atoms with Gasteiger partial charge in [0.05, 0.1) is 62.9 Å². The molecule has 7 unspecified atom stereocenters. The molecule has 8 amide bonds. The van der Waals surface area contributed by atoms with Gasteiger partial charge in [-0.1, -0.05) is 25.1 Å². The Balaban J connectivity index is 1.14. The minimum atomic E-state index is -4.78. The number of nitrogens with one attached hydrogen (secondary N) is 6. The lowest BCUT2D eigenvalue weighted by atomic mass is 9.97. The van der Waals surface area contributed by atoms with Crippen LogP contribution >= 0.6 is 39.5 Å². The molecule has 0 aromatic carbocycles.